The molecule has 1 atom stereocenters. The van der Waals surface area contributed by atoms with Crippen molar-refractivity contribution in [3.05, 3.63) is 35.7 Å². The van der Waals surface area contributed by atoms with Gasteiger partial charge >= 0.3 is 0 Å². The largest absolute Gasteiger partial charge is 0.497 e. The number of aromatic nitrogens is 1. The average molecular weight is 407 g/mol. The van der Waals surface area contributed by atoms with E-state index < -0.39 is 15.6 Å². The number of hydrogen-bond donors (Lipinski definition) is 0. The molecule has 152 valence electrons. The third-order valence-corrected chi connectivity index (χ3v) is 6.21. The molecule has 1 aliphatic rings. The van der Waals surface area contributed by atoms with E-state index in [0.717, 1.165) is 25.0 Å². The molecule has 0 spiro atoms. The van der Waals surface area contributed by atoms with Crippen molar-refractivity contribution in [3.63, 3.8) is 0 Å². The maximum atomic E-state index is 12.4. The van der Waals surface area contributed by atoms with E-state index in [1.54, 1.807) is 38.3 Å². The highest BCUT2D eigenvalue weighted by Gasteiger charge is 2.23. The first-order chi connectivity index (χ1) is 13.4. The Morgan fingerprint density at radius 2 is 2.04 bits per heavy atom. The van der Waals surface area contributed by atoms with Gasteiger partial charge in [0.1, 0.15) is 23.0 Å². The number of carbonyl (C=O) groups is 1. The maximum Gasteiger partial charge on any atom is 0.226 e. The van der Waals surface area contributed by atoms with Crippen LogP contribution in [0.2, 0.25) is 0 Å². The van der Waals surface area contributed by atoms with E-state index in [4.69, 9.17) is 13.9 Å². The lowest BCUT2D eigenvalue weighted by atomic mass is 10.1. The zero-order valence-electron chi connectivity index (χ0n) is 16.1. The van der Waals surface area contributed by atoms with Crippen molar-refractivity contribution < 1.29 is 27.1 Å². The number of nitrogens with zero attached hydrogens (tertiary/aromatic N) is 1. The van der Waals surface area contributed by atoms with Gasteiger partial charge in [0.25, 0.3) is 0 Å². The van der Waals surface area contributed by atoms with Gasteiger partial charge in [-0.15, -0.1) is 0 Å². The molecule has 2 aromatic rings. The molecule has 0 saturated carbocycles. The second-order valence-corrected chi connectivity index (χ2v) is 9.06. The lowest BCUT2D eigenvalue weighted by Gasteiger charge is -2.08. The van der Waals surface area contributed by atoms with E-state index in [-0.39, 0.29) is 24.1 Å². The standard InChI is InChI=1S/C20H25NO6S/c1-14-19(21-20(27-14)15-5-8-17(25-2)9-6-15)13-28(23,24)12-16(22)7-10-18-4-3-11-26-18/h5-6,8-9,18H,3-4,7,10-13H2,1-2H3. The summed E-state index contributed by atoms with van der Waals surface area (Å²) in [4.78, 5) is 16.4. The first-order valence-electron chi connectivity index (χ1n) is 9.31. The molecule has 7 nitrogen and oxygen atoms in total. The zero-order chi connectivity index (χ0) is 20.1. The molecule has 1 aliphatic heterocycles. The van der Waals surface area contributed by atoms with Gasteiger partial charge in [-0.05, 0) is 50.5 Å². The van der Waals surface area contributed by atoms with Crippen molar-refractivity contribution in [2.75, 3.05) is 19.5 Å². The summed E-state index contributed by atoms with van der Waals surface area (Å²) in [6, 6.07) is 7.13. The van der Waals surface area contributed by atoms with Crippen LogP contribution in [0.1, 0.15) is 37.1 Å². The quantitative estimate of drug-likeness (QED) is 0.630. The van der Waals surface area contributed by atoms with Crippen LogP contribution in [-0.2, 0) is 25.1 Å². The number of benzene rings is 1. The van der Waals surface area contributed by atoms with E-state index in [1.807, 2.05) is 0 Å². The first-order valence-corrected chi connectivity index (χ1v) is 11.1. The van der Waals surface area contributed by atoms with Gasteiger partial charge in [-0.2, -0.15) is 0 Å². The Bertz CT molecular complexity index is 911. The Kier molecular flexibility index (Phi) is 6.51. The summed E-state index contributed by atoms with van der Waals surface area (Å²) in [6.07, 6.45) is 2.82. The van der Waals surface area contributed by atoms with Gasteiger partial charge in [0.05, 0.1) is 24.7 Å². The summed E-state index contributed by atoms with van der Waals surface area (Å²) in [5, 5.41) is 0. The Labute approximate surface area is 165 Å². The van der Waals surface area contributed by atoms with Gasteiger partial charge in [-0.25, -0.2) is 13.4 Å². The molecule has 0 aliphatic carbocycles. The second-order valence-electron chi connectivity index (χ2n) is 7.00. The molecule has 28 heavy (non-hydrogen) atoms. The maximum absolute atomic E-state index is 12.4. The van der Waals surface area contributed by atoms with Gasteiger partial charge in [0.2, 0.25) is 5.89 Å². The fourth-order valence-electron chi connectivity index (χ4n) is 3.19. The predicted molar refractivity (Wildman–Crippen MR) is 104 cm³/mol. The van der Waals surface area contributed by atoms with Crippen LogP contribution in [0.15, 0.2) is 28.7 Å². The summed E-state index contributed by atoms with van der Waals surface area (Å²) in [5.41, 5.74) is 1.05. The number of sulfone groups is 1. The molecule has 1 fully saturated rings. The molecule has 1 unspecified atom stereocenters. The Morgan fingerprint density at radius 1 is 1.29 bits per heavy atom. The summed E-state index contributed by atoms with van der Waals surface area (Å²) in [5.74, 6) is 0.397. The normalized spacial score (nSPS) is 17.0. The molecule has 0 radical (unpaired) electrons. The van der Waals surface area contributed by atoms with Crippen molar-refractivity contribution in [1.29, 1.82) is 0 Å². The minimum absolute atomic E-state index is 0.0801. The van der Waals surface area contributed by atoms with E-state index in [1.165, 1.54) is 0 Å². The number of oxazole rings is 1. The van der Waals surface area contributed by atoms with Crippen molar-refractivity contribution >= 4 is 15.6 Å². The average Bonchev–Trinajstić information content (AvgIpc) is 3.30. The Hall–Kier alpha value is -2.19. The number of Topliss-reactive ketones (excluding diaryl/α,β-unsaturated/α-hetero) is 1. The molecule has 8 heteroatoms. The fraction of sp³-hybridized carbons (Fsp3) is 0.500. The molecular weight excluding hydrogens is 382 g/mol. The van der Waals surface area contributed by atoms with Crippen LogP contribution >= 0.6 is 0 Å². The predicted octanol–water partition coefficient (Wildman–Crippen LogP) is 3.10. The van der Waals surface area contributed by atoms with Crippen LogP contribution < -0.4 is 4.74 Å². The molecule has 1 aromatic heterocycles. The number of carbonyl (C=O) groups excluding carboxylic acids is 1. The van der Waals surface area contributed by atoms with E-state index in [9.17, 15) is 13.2 Å². The smallest absolute Gasteiger partial charge is 0.226 e. The molecule has 2 heterocycles. The third kappa shape index (κ3) is 5.42. The lowest BCUT2D eigenvalue weighted by molar-refractivity contribution is -0.117. The molecule has 3 rings (SSSR count). The van der Waals surface area contributed by atoms with Gasteiger partial charge in [-0.3, -0.25) is 4.79 Å². The summed E-state index contributed by atoms with van der Waals surface area (Å²) in [6.45, 7) is 2.39. The molecule has 1 aromatic carbocycles. The highest BCUT2D eigenvalue weighted by Crippen LogP contribution is 2.25. The molecule has 0 N–H and O–H groups in total. The minimum atomic E-state index is -3.61. The van der Waals surface area contributed by atoms with E-state index in [2.05, 4.69) is 4.98 Å². The lowest BCUT2D eigenvalue weighted by Crippen LogP contribution is -2.19. The Morgan fingerprint density at radius 3 is 2.68 bits per heavy atom. The van der Waals surface area contributed by atoms with Crippen LogP contribution in [0.3, 0.4) is 0 Å². The molecule has 0 bridgehead atoms. The number of hydrogen-bond acceptors (Lipinski definition) is 7. The summed E-state index contributed by atoms with van der Waals surface area (Å²) >= 11 is 0. The van der Waals surface area contributed by atoms with Crippen molar-refractivity contribution in [2.45, 2.75) is 44.5 Å². The van der Waals surface area contributed by atoms with Crippen molar-refractivity contribution in [2.24, 2.45) is 0 Å². The fourth-order valence-corrected chi connectivity index (χ4v) is 4.61. The van der Waals surface area contributed by atoms with Gasteiger partial charge in [-0.1, -0.05) is 0 Å². The monoisotopic (exact) mass is 407 g/mol. The van der Waals surface area contributed by atoms with Crippen LogP contribution in [0.4, 0.5) is 0 Å². The number of ketones is 1. The van der Waals surface area contributed by atoms with Gasteiger partial charge in [0, 0.05) is 18.6 Å². The van der Waals surface area contributed by atoms with Crippen LogP contribution in [0.25, 0.3) is 11.5 Å². The molecule has 0 amide bonds. The third-order valence-electron chi connectivity index (χ3n) is 4.74. The highest BCUT2D eigenvalue weighted by molar-refractivity contribution is 7.91. The zero-order valence-corrected chi connectivity index (χ0v) is 17.0. The molecular formula is C20H25NO6S. The second kappa shape index (κ2) is 8.87. The van der Waals surface area contributed by atoms with Gasteiger partial charge in [0.15, 0.2) is 9.84 Å². The van der Waals surface area contributed by atoms with Crippen molar-refractivity contribution in [3.8, 4) is 17.2 Å². The number of ether oxygens (including phenoxy) is 2. The SMILES string of the molecule is COc1ccc(-c2nc(CS(=O)(=O)CC(=O)CCC3CCCO3)c(C)o2)cc1. The van der Waals surface area contributed by atoms with Crippen LogP contribution in [0.5, 0.6) is 5.75 Å². The number of methoxy groups -OCH3 is 1. The van der Waals surface area contributed by atoms with Crippen LogP contribution in [0, 0.1) is 6.92 Å². The first kappa shape index (κ1) is 20.5. The Balaban J connectivity index is 1.61. The van der Waals surface area contributed by atoms with E-state index >= 15 is 0 Å². The van der Waals surface area contributed by atoms with Crippen molar-refractivity contribution in [1.82, 2.24) is 4.98 Å². The number of rotatable bonds is 9. The number of aryl methyl sites for hydroxylation is 1. The highest BCUT2D eigenvalue weighted by atomic mass is 32.2. The summed E-state index contributed by atoms with van der Waals surface area (Å²) in [7, 11) is -2.04. The van der Waals surface area contributed by atoms with E-state index in [0.29, 0.717) is 29.5 Å². The minimum Gasteiger partial charge on any atom is -0.497 e. The summed E-state index contributed by atoms with van der Waals surface area (Å²) < 4.78 is 41.1. The topological polar surface area (TPSA) is 95.7 Å². The molecule has 1 saturated heterocycles. The van der Waals surface area contributed by atoms with Crippen LogP contribution in [-0.4, -0.2) is 44.8 Å². The van der Waals surface area contributed by atoms with Gasteiger partial charge < -0.3 is 13.9 Å².